The van der Waals surface area contributed by atoms with E-state index in [0.29, 0.717) is 16.2 Å². The zero-order valence-electron chi connectivity index (χ0n) is 11.5. The molecule has 0 atom stereocenters. The number of rotatable bonds is 0. The maximum absolute atomic E-state index is 12.8. The lowest BCUT2D eigenvalue weighted by molar-refractivity contribution is 1.14. The second-order valence-electron chi connectivity index (χ2n) is 5.10. The van der Waals surface area contributed by atoms with Gasteiger partial charge < -0.3 is 0 Å². The molecule has 0 spiro atoms. The molecule has 3 heterocycles. The lowest BCUT2D eigenvalue weighted by Gasteiger charge is -2.06. The van der Waals surface area contributed by atoms with Gasteiger partial charge in [0.05, 0.1) is 5.39 Å². The molecule has 0 N–H and O–H groups in total. The highest BCUT2D eigenvalue weighted by atomic mass is 35.5. The number of nitrogens with zero attached hydrogens (tertiary/aromatic N) is 2. The van der Waals surface area contributed by atoms with Crippen molar-refractivity contribution in [3.8, 4) is 0 Å². The molecule has 4 aromatic rings. The second-order valence-corrected chi connectivity index (χ2v) is 6.66. The van der Waals surface area contributed by atoms with E-state index in [4.69, 9.17) is 11.6 Å². The van der Waals surface area contributed by atoms with E-state index in [1.54, 1.807) is 15.7 Å². The third kappa shape index (κ3) is 1.66. The quantitative estimate of drug-likeness (QED) is 0.357. The number of hydrogen-bond acceptors (Lipinski definition) is 3. The molecule has 104 valence electrons. The minimum absolute atomic E-state index is 0.0430. The van der Waals surface area contributed by atoms with Gasteiger partial charge in [0.1, 0.15) is 15.6 Å². The van der Waals surface area contributed by atoms with E-state index in [1.807, 2.05) is 44.2 Å². The summed E-state index contributed by atoms with van der Waals surface area (Å²) in [5.41, 5.74) is 1.64. The summed E-state index contributed by atoms with van der Waals surface area (Å²) >= 11 is 7.92. The standard InChI is InChI=1S/C16H11ClN2OS/c1-8-9(2)21-16-13(8)14(17)18-12-7-10-5-3-4-6-11(10)15(20)19(12)16/h3-7H,1-2H3. The van der Waals surface area contributed by atoms with Crippen LogP contribution in [0.5, 0.6) is 0 Å². The summed E-state index contributed by atoms with van der Waals surface area (Å²) < 4.78 is 1.67. The first-order valence-electron chi connectivity index (χ1n) is 6.57. The number of benzene rings is 1. The zero-order valence-corrected chi connectivity index (χ0v) is 13.0. The fourth-order valence-corrected chi connectivity index (χ4v) is 4.23. The summed E-state index contributed by atoms with van der Waals surface area (Å²) in [7, 11) is 0. The molecule has 0 unspecified atom stereocenters. The monoisotopic (exact) mass is 314 g/mol. The van der Waals surface area contributed by atoms with Crippen LogP contribution >= 0.6 is 22.9 Å². The second kappa shape index (κ2) is 4.29. The molecule has 0 saturated carbocycles. The van der Waals surface area contributed by atoms with E-state index in [9.17, 15) is 4.79 Å². The predicted octanol–water partition coefficient (Wildman–Crippen LogP) is 4.33. The third-order valence-electron chi connectivity index (χ3n) is 3.90. The number of aromatic nitrogens is 2. The molecule has 4 rings (SSSR count). The number of thiophene rings is 1. The first kappa shape index (κ1) is 12.8. The Balaban J connectivity index is 2.38. The molecule has 0 saturated heterocycles. The van der Waals surface area contributed by atoms with Gasteiger partial charge in [0, 0.05) is 10.3 Å². The van der Waals surface area contributed by atoms with Crippen molar-refractivity contribution in [3.05, 3.63) is 56.3 Å². The lowest BCUT2D eigenvalue weighted by Crippen LogP contribution is -2.14. The van der Waals surface area contributed by atoms with E-state index in [1.165, 1.54) is 0 Å². The van der Waals surface area contributed by atoms with Crippen molar-refractivity contribution in [1.82, 2.24) is 9.38 Å². The highest BCUT2D eigenvalue weighted by Crippen LogP contribution is 2.34. The van der Waals surface area contributed by atoms with Crippen LogP contribution < -0.4 is 5.56 Å². The van der Waals surface area contributed by atoms with Gasteiger partial charge in [0.25, 0.3) is 5.56 Å². The summed E-state index contributed by atoms with van der Waals surface area (Å²) in [5, 5.41) is 2.92. The maximum atomic E-state index is 12.8. The number of halogens is 1. The summed E-state index contributed by atoms with van der Waals surface area (Å²) in [6.45, 7) is 4.05. The van der Waals surface area contributed by atoms with E-state index >= 15 is 0 Å². The Bertz CT molecular complexity index is 1090. The Morgan fingerprint density at radius 2 is 2.00 bits per heavy atom. The van der Waals surface area contributed by atoms with E-state index in [-0.39, 0.29) is 5.56 Å². The number of fused-ring (bicyclic) bond motifs is 4. The lowest BCUT2D eigenvalue weighted by atomic mass is 10.1. The van der Waals surface area contributed by atoms with E-state index < -0.39 is 0 Å². The van der Waals surface area contributed by atoms with E-state index in [0.717, 1.165) is 26.0 Å². The molecular weight excluding hydrogens is 304 g/mol. The highest BCUT2D eigenvalue weighted by Gasteiger charge is 2.16. The third-order valence-corrected chi connectivity index (χ3v) is 5.36. The summed E-state index contributed by atoms with van der Waals surface area (Å²) in [4.78, 5) is 19.3. The first-order chi connectivity index (χ1) is 10.1. The number of hydrogen-bond donors (Lipinski definition) is 0. The Morgan fingerprint density at radius 1 is 1.24 bits per heavy atom. The van der Waals surface area contributed by atoms with Gasteiger partial charge in [-0.1, -0.05) is 29.8 Å². The molecule has 0 aliphatic carbocycles. The Labute approximate surface area is 129 Å². The van der Waals surface area contributed by atoms with Crippen molar-refractivity contribution >= 4 is 49.6 Å². The molecule has 0 amide bonds. The van der Waals surface area contributed by atoms with Crippen LogP contribution in [-0.2, 0) is 0 Å². The van der Waals surface area contributed by atoms with Gasteiger partial charge in [-0.3, -0.25) is 9.20 Å². The van der Waals surface area contributed by atoms with Crippen LogP contribution in [0.4, 0.5) is 0 Å². The number of aryl methyl sites for hydroxylation is 2. The van der Waals surface area contributed by atoms with Gasteiger partial charge in [-0.05, 0) is 36.9 Å². The molecular formula is C16H11ClN2OS. The van der Waals surface area contributed by atoms with Gasteiger partial charge >= 0.3 is 0 Å². The average Bonchev–Trinajstić information content (AvgIpc) is 2.75. The molecule has 21 heavy (non-hydrogen) atoms. The van der Waals surface area contributed by atoms with Crippen molar-refractivity contribution < 1.29 is 0 Å². The van der Waals surface area contributed by atoms with Crippen molar-refractivity contribution in [2.24, 2.45) is 0 Å². The Kier molecular flexibility index (Phi) is 2.62. The minimum Gasteiger partial charge on any atom is -0.268 e. The molecule has 0 aliphatic rings. The molecule has 3 aromatic heterocycles. The normalized spacial score (nSPS) is 11.8. The maximum Gasteiger partial charge on any atom is 0.265 e. The Morgan fingerprint density at radius 3 is 2.81 bits per heavy atom. The number of pyridine rings is 1. The molecule has 0 fully saturated rings. The van der Waals surface area contributed by atoms with Crippen molar-refractivity contribution in [1.29, 1.82) is 0 Å². The summed E-state index contributed by atoms with van der Waals surface area (Å²) in [5.74, 6) is 0. The first-order valence-corrected chi connectivity index (χ1v) is 7.77. The van der Waals surface area contributed by atoms with Crippen LogP contribution in [-0.4, -0.2) is 9.38 Å². The molecule has 0 bridgehead atoms. The predicted molar refractivity (Wildman–Crippen MR) is 88.8 cm³/mol. The largest absolute Gasteiger partial charge is 0.268 e. The van der Waals surface area contributed by atoms with Crippen molar-refractivity contribution in [3.63, 3.8) is 0 Å². The molecule has 1 aromatic carbocycles. The summed E-state index contributed by atoms with van der Waals surface area (Å²) in [6, 6.07) is 9.46. The van der Waals surface area contributed by atoms with Gasteiger partial charge in [-0.15, -0.1) is 11.3 Å². The average molecular weight is 315 g/mol. The van der Waals surface area contributed by atoms with E-state index in [2.05, 4.69) is 4.98 Å². The summed E-state index contributed by atoms with van der Waals surface area (Å²) in [6.07, 6.45) is 0. The van der Waals surface area contributed by atoms with Gasteiger partial charge in [0.15, 0.2) is 0 Å². The highest BCUT2D eigenvalue weighted by molar-refractivity contribution is 7.19. The fraction of sp³-hybridized carbons (Fsp3) is 0.125. The van der Waals surface area contributed by atoms with Crippen LogP contribution in [0, 0.1) is 13.8 Å². The molecule has 5 heteroatoms. The fourth-order valence-electron chi connectivity index (χ4n) is 2.69. The Hall–Kier alpha value is -1.91. The van der Waals surface area contributed by atoms with Crippen LogP contribution in [0.15, 0.2) is 35.1 Å². The van der Waals surface area contributed by atoms with Crippen LogP contribution in [0.25, 0.3) is 26.6 Å². The molecule has 3 nitrogen and oxygen atoms in total. The molecule has 0 aliphatic heterocycles. The SMILES string of the molecule is Cc1sc2c(c(Cl)nc3cc4ccccc4c(=O)n32)c1C. The van der Waals surface area contributed by atoms with Crippen molar-refractivity contribution in [2.75, 3.05) is 0 Å². The minimum atomic E-state index is -0.0430. The van der Waals surface area contributed by atoms with Crippen LogP contribution in [0.3, 0.4) is 0 Å². The zero-order chi connectivity index (χ0) is 14.7. The molecule has 0 radical (unpaired) electrons. The van der Waals surface area contributed by atoms with Crippen molar-refractivity contribution in [2.45, 2.75) is 13.8 Å². The van der Waals surface area contributed by atoms with Gasteiger partial charge in [0.2, 0.25) is 0 Å². The van der Waals surface area contributed by atoms with Gasteiger partial charge in [-0.25, -0.2) is 4.98 Å². The van der Waals surface area contributed by atoms with Crippen LogP contribution in [0.2, 0.25) is 5.15 Å². The van der Waals surface area contributed by atoms with Crippen LogP contribution in [0.1, 0.15) is 10.4 Å². The smallest absolute Gasteiger partial charge is 0.265 e. The topological polar surface area (TPSA) is 34.4 Å². The van der Waals surface area contributed by atoms with Gasteiger partial charge in [-0.2, -0.15) is 0 Å².